The van der Waals surface area contributed by atoms with E-state index in [1.807, 2.05) is 43.5 Å². The number of aromatic nitrogens is 2. The van der Waals surface area contributed by atoms with Gasteiger partial charge in [0.15, 0.2) is 0 Å². The Hall–Kier alpha value is -3.32. The molecule has 8 heteroatoms. The summed E-state index contributed by atoms with van der Waals surface area (Å²) < 4.78 is 8.13. The molecule has 1 aliphatic carbocycles. The number of hydrogen-bond donors (Lipinski definition) is 2. The van der Waals surface area contributed by atoms with Crippen LogP contribution in [-0.4, -0.2) is 33.1 Å². The number of ether oxygens (including phenoxy) is 1. The number of carboxylic acids is 1. The average Bonchev–Trinajstić information content (AvgIpc) is 3.28. The Morgan fingerprint density at radius 1 is 1.10 bits per heavy atom. The summed E-state index contributed by atoms with van der Waals surface area (Å²) in [6.07, 6.45) is 12.5. The molecule has 3 aromatic rings. The lowest BCUT2D eigenvalue weighted by Gasteiger charge is -2.18. The van der Waals surface area contributed by atoms with Crippen LogP contribution in [0, 0.1) is 0 Å². The summed E-state index contributed by atoms with van der Waals surface area (Å²) >= 11 is 12.8. The van der Waals surface area contributed by atoms with Crippen LogP contribution in [0.4, 0.5) is 0 Å². The first-order valence-corrected chi connectivity index (χ1v) is 13.9. The SMILES string of the molecule is CCCCn1cc(C2=C(Cl)C=CC(Cl)C=C2)nc1C(Cc1ccc(OCc2ccc(C(=O)O)cc2)cc1)NC. The van der Waals surface area contributed by atoms with Gasteiger partial charge in [0, 0.05) is 23.3 Å². The van der Waals surface area contributed by atoms with Gasteiger partial charge < -0.3 is 19.7 Å². The summed E-state index contributed by atoms with van der Waals surface area (Å²) in [6.45, 7) is 3.42. The number of benzene rings is 2. The van der Waals surface area contributed by atoms with E-state index < -0.39 is 5.97 Å². The zero-order valence-corrected chi connectivity index (χ0v) is 23.6. The molecule has 0 bridgehead atoms. The van der Waals surface area contributed by atoms with Gasteiger partial charge in [-0.1, -0.05) is 67.4 Å². The second-order valence-corrected chi connectivity index (χ2v) is 10.3. The fraction of sp³-hybridized carbons (Fsp3) is 0.290. The number of carboxylic acid groups (broad SMARTS) is 1. The Morgan fingerprint density at radius 2 is 1.79 bits per heavy atom. The van der Waals surface area contributed by atoms with E-state index in [9.17, 15) is 4.79 Å². The topological polar surface area (TPSA) is 76.4 Å². The number of likely N-dealkylation sites (N-methyl/N-ethyl adjacent to an activating group) is 1. The molecule has 1 heterocycles. The van der Waals surface area contributed by atoms with Gasteiger partial charge in [-0.05, 0) is 61.4 Å². The van der Waals surface area contributed by atoms with Crippen LogP contribution in [0.25, 0.3) is 5.57 Å². The van der Waals surface area contributed by atoms with E-state index in [-0.39, 0.29) is 17.0 Å². The van der Waals surface area contributed by atoms with Gasteiger partial charge in [-0.15, -0.1) is 11.6 Å². The molecule has 2 atom stereocenters. The molecule has 4 rings (SSSR count). The number of halogens is 2. The normalized spacial score (nSPS) is 15.8. The van der Waals surface area contributed by atoms with Gasteiger partial charge >= 0.3 is 5.97 Å². The molecule has 2 unspecified atom stereocenters. The van der Waals surface area contributed by atoms with Crippen LogP contribution in [0.1, 0.15) is 58.8 Å². The molecule has 204 valence electrons. The number of rotatable bonds is 12. The Balaban J connectivity index is 1.48. The molecule has 6 nitrogen and oxygen atoms in total. The predicted molar refractivity (Wildman–Crippen MR) is 158 cm³/mol. The van der Waals surface area contributed by atoms with Crippen molar-refractivity contribution in [2.45, 2.75) is 50.8 Å². The number of nitrogens with one attached hydrogen (secondary N) is 1. The van der Waals surface area contributed by atoms with Crippen LogP contribution >= 0.6 is 23.2 Å². The van der Waals surface area contributed by atoms with Crippen LogP contribution in [0.15, 0.2) is 84.1 Å². The zero-order chi connectivity index (χ0) is 27.8. The fourth-order valence-electron chi connectivity index (χ4n) is 4.34. The predicted octanol–water partition coefficient (Wildman–Crippen LogP) is 7.15. The lowest BCUT2D eigenvalue weighted by atomic mass is 10.1. The summed E-state index contributed by atoms with van der Waals surface area (Å²) in [5.74, 6) is 0.777. The molecule has 39 heavy (non-hydrogen) atoms. The Kier molecular flexibility index (Phi) is 10.0. The number of allylic oxidation sites excluding steroid dienone is 6. The second-order valence-electron chi connectivity index (χ2n) is 9.44. The van der Waals surface area contributed by atoms with Gasteiger partial charge in [-0.2, -0.15) is 0 Å². The zero-order valence-electron chi connectivity index (χ0n) is 22.1. The van der Waals surface area contributed by atoms with Gasteiger partial charge in [0.05, 0.1) is 22.7 Å². The maximum absolute atomic E-state index is 11.0. The van der Waals surface area contributed by atoms with Gasteiger partial charge in [0.25, 0.3) is 0 Å². The van der Waals surface area contributed by atoms with Crippen molar-refractivity contribution in [1.82, 2.24) is 14.9 Å². The smallest absolute Gasteiger partial charge is 0.335 e. The standard InChI is InChI=1S/C31H33Cl2N3O3/c1-3-4-17-36-19-29(26-15-11-24(32)12-16-27(26)33)35-30(36)28(34-2)18-21-7-13-25(14-8-21)39-20-22-5-9-23(10-6-22)31(37)38/h5-16,19,24,28,34H,3-4,17-18,20H2,1-2H3,(H,37,38). The molecule has 0 saturated heterocycles. The lowest BCUT2D eigenvalue weighted by molar-refractivity contribution is 0.0697. The molecule has 2 N–H and O–H groups in total. The van der Waals surface area contributed by atoms with Crippen molar-refractivity contribution >= 4 is 34.7 Å². The largest absolute Gasteiger partial charge is 0.489 e. The summed E-state index contributed by atoms with van der Waals surface area (Å²) in [4.78, 5) is 16.1. The molecule has 0 spiro atoms. The molecular weight excluding hydrogens is 533 g/mol. The van der Waals surface area contributed by atoms with Crippen LogP contribution in [-0.2, 0) is 19.6 Å². The van der Waals surface area contributed by atoms with Crippen molar-refractivity contribution in [1.29, 1.82) is 0 Å². The summed E-state index contributed by atoms with van der Waals surface area (Å²) in [6, 6.07) is 14.7. The highest BCUT2D eigenvalue weighted by atomic mass is 35.5. The van der Waals surface area contributed by atoms with E-state index in [0.29, 0.717) is 11.6 Å². The van der Waals surface area contributed by atoms with Crippen LogP contribution in [0.2, 0.25) is 0 Å². The van der Waals surface area contributed by atoms with Crippen molar-refractivity contribution in [3.63, 3.8) is 0 Å². The van der Waals surface area contributed by atoms with Gasteiger partial charge in [-0.3, -0.25) is 0 Å². The minimum atomic E-state index is -0.939. The second kappa shape index (κ2) is 13.7. The van der Waals surface area contributed by atoms with Crippen molar-refractivity contribution in [3.05, 3.63) is 112 Å². The van der Waals surface area contributed by atoms with E-state index in [1.165, 1.54) is 0 Å². The van der Waals surface area contributed by atoms with Crippen molar-refractivity contribution in [3.8, 4) is 5.75 Å². The molecule has 2 aromatic carbocycles. The van der Waals surface area contributed by atoms with Crippen molar-refractivity contribution in [2.24, 2.45) is 0 Å². The Morgan fingerprint density at radius 3 is 2.46 bits per heavy atom. The molecule has 1 aromatic heterocycles. The highest BCUT2D eigenvalue weighted by molar-refractivity contribution is 6.35. The van der Waals surface area contributed by atoms with Gasteiger partial charge in [0.1, 0.15) is 18.2 Å². The van der Waals surface area contributed by atoms with Gasteiger partial charge in [-0.25, -0.2) is 9.78 Å². The van der Waals surface area contributed by atoms with Crippen LogP contribution in [0.3, 0.4) is 0 Å². The third-order valence-electron chi connectivity index (χ3n) is 6.60. The Labute approximate surface area is 239 Å². The van der Waals surface area contributed by atoms with Crippen LogP contribution in [0.5, 0.6) is 5.75 Å². The minimum Gasteiger partial charge on any atom is -0.489 e. The fourth-order valence-corrected chi connectivity index (χ4v) is 4.72. The molecule has 0 saturated carbocycles. The summed E-state index contributed by atoms with van der Waals surface area (Å²) in [5, 5.41) is 12.9. The molecule has 0 fully saturated rings. The average molecular weight is 567 g/mol. The first-order chi connectivity index (χ1) is 18.9. The van der Waals surface area contributed by atoms with E-state index in [1.54, 1.807) is 24.3 Å². The first kappa shape index (κ1) is 28.7. The lowest BCUT2D eigenvalue weighted by Crippen LogP contribution is -2.23. The third kappa shape index (κ3) is 7.63. The Bertz CT molecular complexity index is 1360. The summed E-state index contributed by atoms with van der Waals surface area (Å²) in [5.41, 5.74) is 4.01. The molecule has 0 aliphatic heterocycles. The molecule has 0 amide bonds. The summed E-state index contributed by atoms with van der Waals surface area (Å²) in [7, 11) is 1.95. The quantitative estimate of drug-likeness (QED) is 0.228. The van der Waals surface area contributed by atoms with Crippen LogP contribution < -0.4 is 10.1 Å². The highest BCUT2D eigenvalue weighted by Gasteiger charge is 2.20. The first-order valence-electron chi connectivity index (χ1n) is 13.1. The number of aromatic carboxylic acids is 1. The highest BCUT2D eigenvalue weighted by Crippen LogP contribution is 2.29. The molecule has 0 radical (unpaired) electrons. The van der Waals surface area contributed by atoms with Crippen molar-refractivity contribution < 1.29 is 14.6 Å². The monoisotopic (exact) mass is 565 g/mol. The third-order valence-corrected chi connectivity index (χ3v) is 7.22. The maximum Gasteiger partial charge on any atom is 0.335 e. The van der Waals surface area contributed by atoms with E-state index >= 15 is 0 Å². The van der Waals surface area contributed by atoms with E-state index in [2.05, 4.69) is 35.1 Å². The number of nitrogens with zero attached hydrogens (tertiary/aromatic N) is 2. The maximum atomic E-state index is 11.0. The number of alkyl halides is 1. The minimum absolute atomic E-state index is 0.000532. The number of unbranched alkanes of at least 4 members (excludes halogenated alkanes) is 1. The van der Waals surface area contributed by atoms with E-state index in [4.69, 9.17) is 38.0 Å². The molecular formula is C31H33Cl2N3O3. The van der Waals surface area contributed by atoms with Crippen molar-refractivity contribution in [2.75, 3.05) is 7.05 Å². The number of carbonyl (C=O) groups is 1. The van der Waals surface area contributed by atoms with E-state index in [0.717, 1.165) is 59.8 Å². The number of imidazole rings is 1. The number of hydrogen-bond acceptors (Lipinski definition) is 4. The van der Waals surface area contributed by atoms with Gasteiger partial charge in [0.2, 0.25) is 0 Å². The molecule has 1 aliphatic rings. The number of aryl methyl sites for hydroxylation is 1.